The summed E-state index contributed by atoms with van der Waals surface area (Å²) >= 11 is 6.39. The normalized spacial score (nSPS) is 21.5. The molecule has 1 aliphatic heterocycles. The molecule has 0 aromatic heterocycles. The van der Waals surface area contributed by atoms with Gasteiger partial charge in [-0.05, 0) is 45.4 Å². The summed E-state index contributed by atoms with van der Waals surface area (Å²) in [4.78, 5) is 2.30. The van der Waals surface area contributed by atoms with Gasteiger partial charge in [-0.25, -0.2) is 0 Å². The molecule has 0 spiro atoms. The molecule has 2 rings (SSSR count). The van der Waals surface area contributed by atoms with Crippen LogP contribution in [0, 0.1) is 0 Å². The molecule has 0 unspecified atom stereocenters. The van der Waals surface area contributed by atoms with Gasteiger partial charge in [0.2, 0.25) is 0 Å². The van der Waals surface area contributed by atoms with E-state index in [0.29, 0.717) is 6.54 Å². The highest BCUT2D eigenvalue weighted by Gasteiger charge is 2.38. The summed E-state index contributed by atoms with van der Waals surface area (Å²) in [6.07, 6.45) is 0. The van der Waals surface area contributed by atoms with Crippen molar-refractivity contribution in [3.05, 3.63) is 28.8 Å². The number of nitrogens with zero attached hydrogens (tertiary/aromatic N) is 1. The molecule has 106 valence electrons. The summed E-state index contributed by atoms with van der Waals surface area (Å²) in [6, 6.07) is 6.05. The second-order valence-electron chi connectivity index (χ2n) is 6.47. The maximum Gasteiger partial charge on any atom is 0.0808 e. The van der Waals surface area contributed by atoms with Crippen molar-refractivity contribution in [2.45, 2.75) is 45.4 Å². The molecule has 2 N–H and O–H groups in total. The molecule has 0 amide bonds. The van der Waals surface area contributed by atoms with Gasteiger partial charge in [-0.2, -0.15) is 0 Å². The van der Waals surface area contributed by atoms with Crippen molar-refractivity contribution in [2.24, 2.45) is 5.73 Å². The average Bonchev–Trinajstić information content (AvgIpc) is 2.24. The maximum absolute atomic E-state index is 6.39. The van der Waals surface area contributed by atoms with E-state index in [9.17, 15) is 0 Å². The molecule has 1 aromatic rings. The van der Waals surface area contributed by atoms with Gasteiger partial charge >= 0.3 is 0 Å². The minimum atomic E-state index is -0.183. The van der Waals surface area contributed by atoms with Gasteiger partial charge < -0.3 is 15.4 Å². The Kier molecular flexibility index (Phi) is 3.83. The molecule has 1 aromatic carbocycles. The van der Waals surface area contributed by atoms with Crippen LogP contribution < -0.4 is 10.6 Å². The number of anilines is 1. The van der Waals surface area contributed by atoms with Crippen LogP contribution in [0.25, 0.3) is 0 Å². The third kappa shape index (κ3) is 3.41. The summed E-state index contributed by atoms with van der Waals surface area (Å²) in [5.41, 5.74) is 7.39. The number of hydrogen-bond donors (Lipinski definition) is 1. The molecule has 19 heavy (non-hydrogen) atoms. The predicted octanol–water partition coefficient (Wildman–Crippen LogP) is 3.19. The number of nitrogens with two attached hydrogens (primary N) is 1. The molecule has 3 nitrogen and oxygen atoms in total. The Morgan fingerprint density at radius 1 is 1.21 bits per heavy atom. The van der Waals surface area contributed by atoms with Gasteiger partial charge in [0.25, 0.3) is 0 Å². The van der Waals surface area contributed by atoms with Crippen LogP contribution in [0.3, 0.4) is 0 Å². The van der Waals surface area contributed by atoms with Crippen LogP contribution in [-0.2, 0) is 11.3 Å². The molecule has 1 saturated heterocycles. The van der Waals surface area contributed by atoms with E-state index < -0.39 is 0 Å². The lowest BCUT2D eigenvalue weighted by Crippen LogP contribution is -2.57. The van der Waals surface area contributed by atoms with E-state index in [1.54, 1.807) is 0 Å². The van der Waals surface area contributed by atoms with Crippen LogP contribution in [-0.4, -0.2) is 24.3 Å². The number of hydrogen-bond acceptors (Lipinski definition) is 3. The molecule has 1 aliphatic rings. The predicted molar refractivity (Wildman–Crippen MR) is 80.8 cm³/mol. The van der Waals surface area contributed by atoms with Gasteiger partial charge in [-0.3, -0.25) is 0 Å². The van der Waals surface area contributed by atoms with Gasteiger partial charge in [-0.1, -0.05) is 17.7 Å². The summed E-state index contributed by atoms with van der Waals surface area (Å²) in [6.45, 7) is 10.6. The quantitative estimate of drug-likeness (QED) is 0.905. The van der Waals surface area contributed by atoms with Gasteiger partial charge in [-0.15, -0.1) is 0 Å². The second kappa shape index (κ2) is 4.97. The number of ether oxygens (including phenoxy) is 1. The van der Waals surface area contributed by atoms with E-state index in [1.165, 1.54) is 0 Å². The lowest BCUT2D eigenvalue weighted by atomic mass is 9.98. The Morgan fingerprint density at radius 2 is 1.79 bits per heavy atom. The third-order valence-corrected chi connectivity index (χ3v) is 3.59. The molecule has 0 atom stereocenters. The molecule has 0 aliphatic carbocycles. The van der Waals surface area contributed by atoms with Gasteiger partial charge in [0.05, 0.1) is 21.9 Å². The lowest BCUT2D eigenvalue weighted by molar-refractivity contribution is -0.133. The smallest absolute Gasteiger partial charge is 0.0808 e. The van der Waals surface area contributed by atoms with Gasteiger partial charge in [0.1, 0.15) is 0 Å². The monoisotopic (exact) mass is 282 g/mol. The van der Waals surface area contributed by atoms with Crippen molar-refractivity contribution in [3.8, 4) is 0 Å². The Hall–Kier alpha value is -0.770. The van der Waals surface area contributed by atoms with E-state index in [4.69, 9.17) is 22.1 Å². The van der Waals surface area contributed by atoms with Crippen molar-refractivity contribution in [1.29, 1.82) is 0 Å². The van der Waals surface area contributed by atoms with Crippen LogP contribution in [0.1, 0.15) is 33.3 Å². The zero-order valence-corrected chi connectivity index (χ0v) is 12.9. The van der Waals surface area contributed by atoms with Crippen LogP contribution >= 0.6 is 11.6 Å². The van der Waals surface area contributed by atoms with Crippen molar-refractivity contribution >= 4 is 17.3 Å². The standard InChI is InChI=1S/C15H23ClN2O/c1-14(2)9-18(10-15(3,4)19-14)13-6-5-11(8-17)7-12(13)16/h5-7H,8-10,17H2,1-4H3. The first-order chi connectivity index (χ1) is 8.72. The highest BCUT2D eigenvalue weighted by molar-refractivity contribution is 6.33. The first kappa shape index (κ1) is 14.6. The SMILES string of the molecule is CC1(C)CN(c2ccc(CN)cc2Cl)CC(C)(C)O1. The van der Waals surface area contributed by atoms with E-state index in [1.807, 2.05) is 12.1 Å². The topological polar surface area (TPSA) is 38.5 Å². The second-order valence-corrected chi connectivity index (χ2v) is 6.87. The zero-order chi connectivity index (χ0) is 14.3. The minimum Gasteiger partial charge on any atom is -0.366 e. The van der Waals surface area contributed by atoms with E-state index in [-0.39, 0.29) is 11.2 Å². The van der Waals surface area contributed by atoms with Crippen LogP contribution in [0.4, 0.5) is 5.69 Å². The zero-order valence-electron chi connectivity index (χ0n) is 12.2. The summed E-state index contributed by atoms with van der Waals surface area (Å²) in [7, 11) is 0. The van der Waals surface area contributed by atoms with E-state index in [0.717, 1.165) is 29.4 Å². The first-order valence-corrected chi connectivity index (χ1v) is 7.04. The largest absolute Gasteiger partial charge is 0.366 e. The molecule has 0 radical (unpaired) electrons. The Morgan fingerprint density at radius 3 is 2.26 bits per heavy atom. The highest BCUT2D eigenvalue weighted by Crippen LogP contribution is 2.35. The van der Waals surface area contributed by atoms with Crippen LogP contribution in [0.2, 0.25) is 5.02 Å². The Labute approximate surface area is 120 Å². The average molecular weight is 283 g/mol. The molecular weight excluding hydrogens is 260 g/mol. The number of halogens is 1. The minimum absolute atomic E-state index is 0.183. The summed E-state index contributed by atoms with van der Waals surface area (Å²) in [5, 5.41) is 0.761. The Bertz CT molecular complexity index is 455. The lowest BCUT2D eigenvalue weighted by Gasteiger charge is -2.48. The Balaban J connectivity index is 2.31. The maximum atomic E-state index is 6.39. The van der Waals surface area contributed by atoms with E-state index >= 15 is 0 Å². The molecule has 4 heteroatoms. The van der Waals surface area contributed by atoms with Crippen molar-refractivity contribution in [2.75, 3.05) is 18.0 Å². The van der Waals surface area contributed by atoms with Gasteiger partial charge in [0, 0.05) is 19.6 Å². The number of morpholine rings is 1. The summed E-state index contributed by atoms with van der Waals surface area (Å²) in [5.74, 6) is 0. The van der Waals surface area contributed by atoms with Crippen LogP contribution in [0.15, 0.2) is 18.2 Å². The molecule has 0 saturated carbocycles. The van der Waals surface area contributed by atoms with Crippen molar-refractivity contribution in [1.82, 2.24) is 0 Å². The highest BCUT2D eigenvalue weighted by atomic mass is 35.5. The molecular formula is C15H23ClN2O. The molecule has 0 bridgehead atoms. The third-order valence-electron chi connectivity index (χ3n) is 3.28. The fourth-order valence-electron chi connectivity index (χ4n) is 2.89. The number of benzene rings is 1. The molecule has 1 heterocycles. The van der Waals surface area contributed by atoms with Gasteiger partial charge in [0.15, 0.2) is 0 Å². The first-order valence-electron chi connectivity index (χ1n) is 6.66. The van der Waals surface area contributed by atoms with E-state index in [2.05, 4.69) is 38.7 Å². The van der Waals surface area contributed by atoms with Crippen LogP contribution in [0.5, 0.6) is 0 Å². The number of rotatable bonds is 2. The summed E-state index contributed by atoms with van der Waals surface area (Å²) < 4.78 is 6.09. The fourth-order valence-corrected chi connectivity index (χ4v) is 3.21. The van der Waals surface area contributed by atoms with Crippen molar-refractivity contribution in [3.63, 3.8) is 0 Å². The fraction of sp³-hybridized carbons (Fsp3) is 0.600. The molecule has 1 fully saturated rings. The van der Waals surface area contributed by atoms with Crippen molar-refractivity contribution < 1.29 is 4.74 Å².